The van der Waals surface area contributed by atoms with E-state index in [1.165, 1.54) is 12.1 Å². The second-order valence-corrected chi connectivity index (χ2v) is 5.18. The summed E-state index contributed by atoms with van der Waals surface area (Å²) in [7, 11) is 0. The Morgan fingerprint density at radius 1 is 1.47 bits per heavy atom. The molecule has 0 bridgehead atoms. The third-order valence-corrected chi connectivity index (χ3v) is 3.81. The highest BCUT2D eigenvalue weighted by Gasteiger charge is 2.27. The minimum absolute atomic E-state index is 0.00986. The van der Waals surface area contributed by atoms with Gasteiger partial charge in [0.15, 0.2) is 0 Å². The number of carbonyl (C=O) groups excluding carboxylic acids is 1. The molecule has 1 amide bonds. The zero-order chi connectivity index (χ0) is 13.8. The van der Waals surface area contributed by atoms with E-state index < -0.39 is 0 Å². The summed E-state index contributed by atoms with van der Waals surface area (Å²) in [6.45, 7) is 3.15. The molecule has 1 aliphatic rings. The van der Waals surface area contributed by atoms with Crippen molar-refractivity contribution in [3.05, 3.63) is 35.1 Å². The van der Waals surface area contributed by atoms with Gasteiger partial charge in [-0.05, 0) is 62.9 Å². The second-order valence-electron chi connectivity index (χ2n) is 5.18. The lowest BCUT2D eigenvalue weighted by molar-refractivity contribution is 0.0604. The number of nitrogens with zero attached hydrogens (tertiary/aromatic N) is 1. The largest absolute Gasteiger partial charge is 0.336 e. The maximum atomic E-state index is 13.1. The highest BCUT2D eigenvalue weighted by molar-refractivity contribution is 5.95. The summed E-state index contributed by atoms with van der Waals surface area (Å²) in [5.74, 6) is -0.290. The number of hydrogen-bond donors (Lipinski definition) is 1. The summed E-state index contributed by atoms with van der Waals surface area (Å²) < 4.78 is 13.1. The van der Waals surface area contributed by atoms with Crippen LogP contribution in [0.1, 0.15) is 41.6 Å². The molecule has 3 nitrogen and oxygen atoms in total. The minimum Gasteiger partial charge on any atom is -0.336 e. The van der Waals surface area contributed by atoms with Gasteiger partial charge in [0, 0.05) is 18.2 Å². The molecule has 1 heterocycles. The second kappa shape index (κ2) is 6.15. The predicted octanol–water partition coefficient (Wildman–Crippen LogP) is 2.48. The fraction of sp³-hybridized carbons (Fsp3) is 0.533. The van der Waals surface area contributed by atoms with E-state index in [-0.39, 0.29) is 17.8 Å². The van der Waals surface area contributed by atoms with Crippen LogP contribution in [0.25, 0.3) is 0 Å². The van der Waals surface area contributed by atoms with Gasteiger partial charge in [-0.15, -0.1) is 0 Å². The smallest absolute Gasteiger partial charge is 0.254 e. The number of aryl methyl sites for hydroxylation is 1. The minimum atomic E-state index is -0.300. The van der Waals surface area contributed by atoms with Gasteiger partial charge < -0.3 is 10.6 Å². The van der Waals surface area contributed by atoms with E-state index in [0.29, 0.717) is 17.7 Å². The molecule has 4 heteroatoms. The molecule has 19 heavy (non-hydrogen) atoms. The van der Waals surface area contributed by atoms with E-state index in [1.54, 1.807) is 13.0 Å². The summed E-state index contributed by atoms with van der Waals surface area (Å²) in [4.78, 5) is 14.5. The molecule has 1 aromatic rings. The Hall–Kier alpha value is -1.42. The van der Waals surface area contributed by atoms with Crippen molar-refractivity contribution in [3.63, 3.8) is 0 Å². The lowest BCUT2D eigenvalue weighted by Gasteiger charge is -2.36. The van der Waals surface area contributed by atoms with Gasteiger partial charge >= 0.3 is 0 Å². The standard InChI is InChI=1S/C15H21FN2O/c1-11-10-12(16)5-6-14(11)15(19)18-9-3-2-4-13(18)7-8-17/h5-6,10,13H,2-4,7-9,17H2,1H3. The first-order chi connectivity index (χ1) is 9.13. The van der Waals surface area contributed by atoms with Crippen LogP contribution in [0.4, 0.5) is 4.39 Å². The molecule has 2 rings (SSSR count). The average Bonchev–Trinajstić information content (AvgIpc) is 2.39. The van der Waals surface area contributed by atoms with Crippen LogP contribution in [0.15, 0.2) is 18.2 Å². The number of piperidine rings is 1. The van der Waals surface area contributed by atoms with Crippen LogP contribution in [0.5, 0.6) is 0 Å². The topological polar surface area (TPSA) is 46.3 Å². The van der Waals surface area contributed by atoms with E-state index in [9.17, 15) is 9.18 Å². The van der Waals surface area contributed by atoms with E-state index >= 15 is 0 Å². The Bertz CT molecular complexity index is 459. The number of hydrogen-bond acceptors (Lipinski definition) is 2. The summed E-state index contributed by atoms with van der Waals surface area (Å²) in [6.07, 6.45) is 4.04. The number of nitrogens with two attached hydrogens (primary N) is 1. The zero-order valence-electron chi connectivity index (χ0n) is 11.4. The van der Waals surface area contributed by atoms with E-state index in [1.807, 2.05) is 4.90 Å². The van der Waals surface area contributed by atoms with E-state index in [2.05, 4.69) is 0 Å². The van der Waals surface area contributed by atoms with Gasteiger partial charge in [-0.3, -0.25) is 4.79 Å². The summed E-state index contributed by atoms with van der Waals surface area (Å²) in [6, 6.07) is 4.58. The van der Waals surface area contributed by atoms with E-state index in [4.69, 9.17) is 5.73 Å². The molecule has 2 N–H and O–H groups in total. The predicted molar refractivity (Wildman–Crippen MR) is 73.5 cm³/mol. The molecule has 1 saturated heterocycles. The molecular formula is C15H21FN2O. The number of likely N-dealkylation sites (tertiary alicyclic amines) is 1. The number of benzene rings is 1. The maximum absolute atomic E-state index is 13.1. The average molecular weight is 264 g/mol. The van der Waals surface area contributed by atoms with Gasteiger partial charge in [0.05, 0.1) is 0 Å². The molecule has 0 spiro atoms. The maximum Gasteiger partial charge on any atom is 0.254 e. The number of rotatable bonds is 3. The Balaban J connectivity index is 2.21. The molecule has 1 unspecified atom stereocenters. The summed E-state index contributed by atoms with van der Waals surface area (Å²) in [5.41, 5.74) is 6.92. The third-order valence-electron chi connectivity index (χ3n) is 3.81. The number of amides is 1. The first-order valence-corrected chi connectivity index (χ1v) is 6.90. The number of halogens is 1. The normalized spacial score (nSPS) is 19.5. The molecule has 0 aromatic heterocycles. The SMILES string of the molecule is Cc1cc(F)ccc1C(=O)N1CCCCC1CCN. The van der Waals surface area contributed by atoms with Crippen molar-refractivity contribution in [1.82, 2.24) is 4.90 Å². The van der Waals surface area contributed by atoms with Crippen molar-refractivity contribution in [3.8, 4) is 0 Å². The van der Waals surface area contributed by atoms with Crippen molar-refractivity contribution < 1.29 is 9.18 Å². The van der Waals surface area contributed by atoms with Crippen LogP contribution in [-0.4, -0.2) is 29.9 Å². The van der Waals surface area contributed by atoms with Crippen molar-refractivity contribution in [1.29, 1.82) is 0 Å². The van der Waals surface area contributed by atoms with Gasteiger partial charge in [-0.25, -0.2) is 4.39 Å². The lowest BCUT2D eigenvalue weighted by atomic mass is 9.97. The van der Waals surface area contributed by atoms with Crippen molar-refractivity contribution in [2.24, 2.45) is 5.73 Å². The molecule has 1 aliphatic heterocycles. The Morgan fingerprint density at radius 2 is 2.26 bits per heavy atom. The van der Waals surface area contributed by atoms with Crippen LogP contribution in [0, 0.1) is 12.7 Å². The molecule has 1 fully saturated rings. The zero-order valence-corrected chi connectivity index (χ0v) is 11.4. The van der Waals surface area contributed by atoms with Crippen molar-refractivity contribution in [2.75, 3.05) is 13.1 Å². The van der Waals surface area contributed by atoms with E-state index in [0.717, 1.165) is 32.2 Å². The first kappa shape index (κ1) is 14.0. The fourth-order valence-corrected chi connectivity index (χ4v) is 2.78. The molecular weight excluding hydrogens is 243 g/mol. The van der Waals surface area contributed by atoms with Gasteiger partial charge in [-0.1, -0.05) is 0 Å². The Labute approximate surface area is 113 Å². The molecule has 1 aromatic carbocycles. The van der Waals surface area contributed by atoms with Gasteiger partial charge in [0.25, 0.3) is 5.91 Å². The van der Waals surface area contributed by atoms with Crippen LogP contribution in [-0.2, 0) is 0 Å². The molecule has 0 radical (unpaired) electrons. The molecule has 0 aliphatic carbocycles. The van der Waals surface area contributed by atoms with Gasteiger partial charge in [-0.2, -0.15) is 0 Å². The third kappa shape index (κ3) is 3.13. The van der Waals surface area contributed by atoms with Crippen LogP contribution < -0.4 is 5.73 Å². The monoisotopic (exact) mass is 264 g/mol. The lowest BCUT2D eigenvalue weighted by Crippen LogP contribution is -2.44. The fourth-order valence-electron chi connectivity index (χ4n) is 2.78. The Morgan fingerprint density at radius 3 is 2.95 bits per heavy atom. The summed E-state index contributed by atoms with van der Waals surface area (Å²) >= 11 is 0. The van der Waals surface area contributed by atoms with Crippen molar-refractivity contribution in [2.45, 2.75) is 38.6 Å². The Kier molecular flexibility index (Phi) is 4.53. The van der Waals surface area contributed by atoms with Crippen LogP contribution >= 0.6 is 0 Å². The molecule has 104 valence electrons. The highest BCUT2D eigenvalue weighted by Crippen LogP contribution is 2.23. The van der Waals surface area contributed by atoms with Crippen LogP contribution in [0.3, 0.4) is 0 Å². The van der Waals surface area contributed by atoms with Gasteiger partial charge in [0.2, 0.25) is 0 Å². The summed E-state index contributed by atoms with van der Waals surface area (Å²) in [5, 5.41) is 0. The highest BCUT2D eigenvalue weighted by atomic mass is 19.1. The first-order valence-electron chi connectivity index (χ1n) is 6.90. The van der Waals surface area contributed by atoms with Crippen LogP contribution in [0.2, 0.25) is 0 Å². The quantitative estimate of drug-likeness (QED) is 0.911. The molecule has 1 atom stereocenters. The molecule has 0 saturated carbocycles. The van der Waals surface area contributed by atoms with Crippen molar-refractivity contribution >= 4 is 5.91 Å². The van der Waals surface area contributed by atoms with Gasteiger partial charge in [0.1, 0.15) is 5.82 Å². The number of carbonyl (C=O) groups is 1.